The van der Waals surface area contributed by atoms with Crippen LogP contribution in [-0.4, -0.2) is 16.7 Å². The molecule has 7 heteroatoms. The first kappa shape index (κ1) is 17.5. The minimum Gasteiger partial charge on any atom is -0.476 e. The lowest BCUT2D eigenvalue weighted by Gasteiger charge is -2.24. The summed E-state index contributed by atoms with van der Waals surface area (Å²) >= 11 is 7.39. The first-order valence-electron chi connectivity index (χ1n) is 7.55. The van der Waals surface area contributed by atoms with Crippen LogP contribution in [0.3, 0.4) is 0 Å². The molecule has 5 nitrogen and oxygen atoms in total. The number of nitrogens with zero attached hydrogens (tertiary/aromatic N) is 1. The van der Waals surface area contributed by atoms with Gasteiger partial charge in [-0.3, -0.25) is 0 Å². The third-order valence-corrected chi connectivity index (χ3v) is 4.49. The SMILES string of the molecule is CC(C)(Oc1ccc(Cl)cc1)C(=O)OCc1cc(-c2cccs2)on1. The summed E-state index contributed by atoms with van der Waals surface area (Å²) in [5.41, 5.74) is -0.604. The molecule has 0 saturated heterocycles. The number of halogens is 1. The Morgan fingerprint density at radius 2 is 2.04 bits per heavy atom. The molecule has 0 amide bonds. The van der Waals surface area contributed by atoms with Crippen LogP contribution in [0.1, 0.15) is 19.5 Å². The van der Waals surface area contributed by atoms with Crippen molar-refractivity contribution in [2.75, 3.05) is 0 Å². The predicted octanol–water partition coefficient (Wildman–Crippen LogP) is 4.96. The zero-order valence-electron chi connectivity index (χ0n) is 13.7. The molecule has 1 aromatic carbocycles. The summed E-state index contributed by atoms with van der Waals surface area (Å²) in [5.74, 6) is 0.689. The normalized spacial score (nSPS) is 11.3. The Morgan fingerprint density at radius 3 is 2.72 bits per heavy atom. The second-order valence-corrected chi connectivity index (χ2v) is 7.19. The number of ether oxygens (including phenoxy) is 2. The van der Waals surface area contributed by atoms with Crippen LogP contribution < -0.4 is 4.74 Å². The van der Waals surface area contributed by atoms with Gasteiger partial charge in [0.1, 0.15) is 18.1 Å². The van der Waals surface area contributed by atoms with Crippen molar-refractivity contribution in [2.45, 2.75) is 26.1 Å². The van der Waals surface area contributed by atoms with E-state index in [-0.39, 0.29) is 6.61 Å². The lowest BCUT2D eigenvalue weighted by atomic mass is 10.1. The van der Waals surface area contributed by atoms with Gasteiger partial charge in [-0.05, 0) is 49.6 Å². The Morgan fingerprint density at radius 1 is 1.28 bits per heavy atom. The average molecular weight is 378 g/mol. The fraction of sp³-hybridized carbons (Fsp3) is 0.222. The number of hydrogen-bond acceptors (Lipinski definition) is 6. The number of aromatic nitrogens is 1. The second kappa shape index (κ2) is 7.29. The smallest absolute Gasteiger partial charge is 0.350 e. The number of hydrogen-bond donors (Lipinski definition) is 0. The van der Waals surface area contributed by atoms with Crippen molar-refractivity contribution >= 4 is 28.9 Å². The van der Waals surface area contributed by atoms with Gasteiger partial charge in [-0.25, -0.2) is 4.79 Å². The summed E-state index contributed by atoms with van der Waals surface area (Å²) in [5, 5.41) is 6.47. The van der Waals surface area contributed by atoms with Gasteiger partial charge in [0.05, 0.1) is 4.88 Å². The summed E-state index contributed by atoms with van der Waals surface area (Å²) in [7, 11) is 0. The van der Waals surface area contributed by atoms with Gasteiger partial charge in [0.15, 0.2) is 11.4 Å². The fourth-order valence-corrected chi connectivity index (χ4v) is 2.87. The Hall–Kier alpha value is -2.31. The van der Waals surface area contributed by atoms with Gasteiger partial charge < -0.3 is 14.0 Å². The van der Waals surface area contributed by atoms with Gasteiger partial charge in [-0.15, -0.1) is 11.3 Å². The van der Waals surface area contributed by atoms with Crippen molar-refractivity contribution in [1.82, 2.24) is 5.16 Å². The van der Waals surface area contributed by atoms with Crippen molar-refractivity contribution in [2.24, 2.45) is 0 Å². The molecule has 130 valence electrons. The molecular weight excluding hydrogens is 362 g/mol. The Labute approximate surface area is 154 Å². The van der Waals surface area contributed by atoms with Crippen molar-refractivity contribution < 1.29 is 18.8 Å². The number of esters is 1. The van der Waals surface area contributed by atoms with E-state index in [9.17, 15) is 4.79 Å². The van der Waals surface area contributed by atoms with Crippen LogP contribution in [0, 0.1) is 0 Å². The highest BCUT2D eigenvalue weighted by Crippen LogP contribution is 2.26. The molecule has 0 atom stereocenters. The minimum absolute atomic E-state index is 0.0150. The van der Waals surface area contributed by atoms with E-state index in [0.29, 0.717) is 22.2 Å². The topological polar surface area (TPSA) is 61.6 Å². The van der Waals surface area contributed by atoms with Gasteiger partial charge in [0.25, 0.3) is 0 Å². The summed E-state index contributed by atoms with van der Waals surface area (Å²) < 4.78 is 16.3. The molecule has 0 saturated carbocycles. The monoisotopic (exact) mass is 377 g/mol. The van der Waals surface area contributed by atoms with Gasteiger partial charge in [-0.2, -0.15) is 0 Å². The molecule has 0 spiro atoms. The molecule has 2 aromatic heterocycles. The van der Waals surface area contributed by atoms with Gasteiger partial charge in [0.2, 0.25) is 0 Å². The quantitative estimate of drug-likeness (QED) is 0.568. The molecule has 25 heavy (non-hydrogen) atoms. The molecule has 0 radical (unpaired) electrons. The molecule has 0 aliphatic carbocycles. The third-order valence-electron chi connectivity index (χ3n) is 3.35. The van der Waals surface area contributed by atoms with E-state index < -0.39 is 11.6 Å². The molecule has 0 unspecified atom stereocenters. The molecule has 3 aromatic rings. The van der Waals surface area contributed by atoms with E-state index in [1.54, 1.807) is 55.5 Å². The molecule has 0 aliphatic rings. The zero-order valence-corrected chi connectivity index (χ0v) is 15.3. The number of thiophene rings is 1. The molecule has 3 rings (SSSR count). The summed E-state index contributed by atoms with van der Waals surface area (Å²) in [6.07, 6.45) is 0. The van der Waals surface area contributed by atoms with Crippen LogP contribution in [0.2, 0.25) is 5.02 Å². The third kappa shape index (κ3) is 4.41. The standard InChI is InChI=1S/C18H16ClNO4S/c1-18(2,23-14-7-5-12(19)6-8-14)17(21)22-11-13-10-15(24-20-13)16-4-3-9-25-16/h3-10H,11H2,1-2H3. The lowest BCUT2D eigenvalue weighted by molar-refractivity contribution is -0.160. The summed E-state index contributed by atoms with van der Waals surface area (Å²) in [4.78, 5) is 13.3. The largest absolute Gasteiger partial charge is 0.476 e. The Bertz CT molecular complexity index is 840. The van der Waals surface area contributed by atoms with Gasteiger partial charge in [-0.1, -0.05) is 22.8 Å². The number of carbonyl (C=O) groups excluding carboxylic acids is 1. The maximum absolute atomic E-state index is 12.3. The van der Waals surface area contributed by atoms with Crippen LogP contribution in [-0.2, 0) is 16.1 Å². The number of carbonyl (C=O) groups is 1. The van der Waals surface area contributed by atoms with Crippen LogP contribution in [0.4, 0.5) is 0 Å². The van der Waals surface area contributed by atoms with Crippen molar-refractivity contribution in [3.8, 4) is 16.4 Å². The number of rotatable bonds is 6. The highest BCUT2D eigenvalue weighted by Gasteiger charge is 2.32. The average Bonchev–Trinajstić information content (AvgIpc) is 3.25. The van der Waals surface area contributed by atoms with Gasteiger partial charge >= 0.3 is 5.97 Å². The van der Waals surface area contributed by atoms with E-state index in [4.69, 9.17) is 25.6 Å². The van der Waals surface area contributed by atoms with Gasteiger partial charge in [0, 0.05) is 11.1 Å². The van der Waals surface area contributed by atoms with Crippen molar-refractivity contribution in [1.29, 1.82) is 0 Å². The van der Waals surface area contributed by atoms with E-state index in [1.165, 1.54) is 0 Å². The maximum Gasteiger partial charge on any atom is 0.350 e. The van der Waals surface area contributed by atoms with Crippen molar-refractivity contribution in [3.05, 3.63) is 58.6 Å². The zero-order chi connectivity index (χ0) is 17.9. The predicted molar refractivity (Wildman–Crippen MR) is 95.8 cm³/mol. The fourth-order valence-electron chi connectivity index (χ4n) is 2.07. The first-order chi connectivity index (χ1) is 11.9. The molecule has 0 aliphatic heterocycles. The van der Waals surface area contributed by atoms with Crippen LogP contribution in [0.15, 0.2) is 52.4 Å². The highest BCUT2D eigenvalue weighted by molar-refractivity contribution is 7.13. The van der Waals surface area contributed by atoms with E-state index in [1.807, 2.05) is 17.5 Å². The molecule has 2 heterocycles. The van der Waals surface area contributed by atoms with Crippen LogP contribution in [0.25, 0.3) is 10.6 Å². The lowest BCUT2D eigenvalue weighted by Crippen LogP contribution is -2.39. The molecule has 0 fully saturated rings. The molecule has 0 N–H and O–H groups in total. The Kier molecular flexibility index (Phi) is 5.11. The maximum atomic E-state index is 12.3. The summed E-state index contributed by atoms with van der Waals surface area (Å²) in [6, 6.07) is 12.4. The van der Waals surface area contributed by atoms with E-state index in [0.717, 1.165) is 4.88 Å². The number of benzene rings is 1. The first-order valence-corrected chi connectivity index (χ1v) is 8.81. The van der Waals surface area contributed by atoms with E-state index >= 15 is 0 Å². The highest BCUT2D eigenvalue weighted by atomic mass is 35.5. The molecule has 0 bridgehead atoms. The van der Waals surface area contributed by atoms with E-state index in [2.05, 4.69) is 5.16 Å². The van der Waals surface area contributed by atoms with Crippen molar-refractivity contribution in [3.63, 3.8) is 0 Å². The Balaban J connectivity index is 1.58. The van der Waals surface area contributed by atoms with Crippen LogP contribution in [0.5, 0.6) is 5.75 Å². The second-order valence-electron chi connectivity index (χ2n) is 5.80. The minimum atomic E-state index is -1.14. The summed E-state index contributed by atoms with van der Waals surface area (Å²) in [6.45, 7) is 3.30. The molecular formula is C18H16ClNO4S. The van der Waals surface area contributed by atoms with Crippen LogP contribution >= 0.6 is 22.9 Å².